The lowest BCUT2D eigenvalue weighted by Crippen LogP contribution is -2.39. The Labute approximate surface area is 96.7 Å². The van der Waals surface area contributed by atoms with Crippen LogP contribution in [-0.2, 0) is 4.74 Å². The van der Waals surface area contributed by atoms with Gasteiger partial charge in [0.25, 0.3) is 0 Å². The minimum Gasteiger partial charge on any atom is -0.512 e. The van der Waals surface area contributed by atoms with Crippen molar-refractivity contribution in [2.75, 3.05) is 0 Å². The number of rotatable bonds is 1. The molecule has 0 aromatic heterocycles. The molecule has 0 aromatic rings. The van der Waals surface area contributed by atoms with Gasteiger partial charge in [0.2, 0.25) is 0 Å². The summed E-state index contributed by atoms with van der Waals surface area (Å²) < 4.78 is 5.14. The summed E-state index contributed by atoms with van der Waals surface area (Å²) in [6, 6.07) is -0.119. The maximum atomic E-state index is 11.5. The topological polar surface area (TPSA) is 58.6 Å². The molecule has 4 nitrogen and oxygen atoms in total. The van der Waals surface area contributed by atoms with Crippen LogP contribution in [0.3, 0.4) is 0 Å². The summed E-state index contributed by atoms with van der Waals surface area (Å²) in [6.45, 7) is 7.43. The Morgan fingerprint density at radius 3 is 2.62 bits per heavy atom. The summed E-state index contributed by atoms with van der Waals surface area (Å²) in [4.78, 5) is 11.5. The van der Waals surface area contributed by atoms with Crippen molar-refractivity contribution < 1.29 is 14.6 Å². The number of hydrogen-bond donors (Lipinski definition) is 2. The lowest BCUT2D eigenvalue weighted by Gasteiger charge is -2.26. The molecule has 1 amide bonds. The zero-order chi connectivity index (χ0) is 12.3. The highest BCUT2D eigenvalue weighted by atomic mass is 16.6. The molecular weight excluding hydrogens is 206 g/mol. The van der Waals surface area contributed by atoms with E-state index in [1.54, 1.807) is 6.08 Å². The number of nitrogens with one attached hydrogen (secondary N) is 1. The Balaban J connectivity index is 2.47. The summed E-state index contributed by atoms with van der Waals surface area (Å²) in [5.41, 5.74) is -0.488. The van der Waals surface area contributed by atoms with Crippen molar-refractivity contribution in [1.29, 1.82) is 0 Å². The molecule has 0 aliphatic heterocycles. The van der Waals surface area contributed by atoms with Crippen molar-refractivity contribution in [1.82, 2.24) is 5.32 Å². The van der Waals surface area contributed by atoms with E-state index in [4.69, 9.17) is 4.74 Å². The van der Waals surface area contributed by atoms with Gasteiger partial charge in [0, 0.05) is 5.92 Å². The van der Waals surface area contributed by atoms with Crippen LogP contribution >= 0.6 is 0 Å². The van der Waals surface area contributed by atoms with Gasteiger partial charge in [-0.05, 0) is 39.7 Å². The van der Waals surface area contributed by atoms with Crippen molar-refractivity contribution in [2.45, 2.75) is 52.2 Å². The van der Waals surface area contributed by atoms with E-state index in [9.17, 15) is 9.90 Å². The normalized spacial score (nSPS) is 25.9. The summed E-state index contributed by atoms with van der Waals surface area (Å²) in [5.74, 6) is 0.545. The van der Waals surface area contributed by atoms with E-state index in [2.05, 4.69) is 5.32 Å². The number of alkyl carbamates (subject to hydrolysis) is 1. The molecule has 2 N–H and O–H groups in total. The lowest BCUT2D eigenvalue weighted by atomic mass is 9.92. The predicted molar refractivity (Wildman–Crippen MR) is 62.3 cm³/mol. The highest BCUT2D eigenvalue weighted by Gasteiger charge is 2.23. The number of ether oxygens (including phenoxy) is 1. The molecule has 0 aromatic carbocycles. The fraction of sp³-hybridized carbons (Fsp3) is 0.750. The van der Waals surface area contributed by atoms with Gasteiger partial charge >= 0.3 is 6.09 Å². The van der Waals surface area contributed by atoms with E-state index in [-0.39, 0.29) is 12.0 Å². The molecule has 1 aliphatic carbocycles. The fourth-order valence-corrected chi connectivity index (χ4v) is 1.60. The summed E-state index contributed by atoms with van der Waals surface area (Å²) in [6.07, 6.45) is 2.97. The van der Waals surface area contributed by atoms with Gasteiger partial charge in [-0.25, -0.2) is 4.79 Å². The molecule has 2 atom stereocenters. The smallest absolute Gasteiger partial charge is 0.408 e. The van der Waals surface area contributed by atoms with Crippen molar-refractivity contribution >= 4 is 6.09 Å². The molecule has 0 saturated heterocycles. The summed E-state index contributed by atoms with van der Waals surface area (Å²) in [5, 5.41) is 12.3. The van der Waals surface area contributed by atoms with Crippen molar-refractivity contribution in [3.8, 4) is 0 Å². The minimum atomic E-state index is -0.488. The van der Waals surface area contributed by atoms with Crippen LogP contribution in [0.2, 0.25) is 0 Å². The fourth-order valence-electron chi connectivity index (χ4n) is 1.60. The first-order chi connectivity index (χ1) is 7.28. The van der Waals surface area contributed by atoms with Crippen molar-refractivity contribution in [3.63, 3.8) is 0 Å². The average Bonchev–Trinajstić information content (AvgIpc) is 2.08. The van der Waals surface area contributed by atoms with Crippen molar-refractivity contribution in [3.05, 3.63) is 11.8 Å². The van der Waals surface area contributed by atoms with Gasteiger partial charge in [-0.1, -0.05) is 6.92 Å². The van der Waals surface area contributed by atoms with E-state index in [1.165, 1.54) is 0 Å². The van der Waals surface area contributed by atoms with E-state index in [0.29, 0.717) is 5.76 Å². The molecule has 0 saturated carbocycles. The first-order valence-electron chi connectivity index (χ1n) is 5.68. The van der Waals surface area contributed by atoms with Gasteiger partial charge in [0.05, 0.1) is 11.8 Å². The number of carbonyl (C=O) groups is 1. The Kier molecular flexibility index (Phi) is 3.83. The lowest BCUT2D eigenvalue weighted by molar-refractivity contribution is 0.0508. The molecule has 4 heteroatoms. The highest BCUT2D eigenvalue weighted by molar-refractivity contribution is 5.68. The van der Waals surface area contributed by atoms with Crippen LogP contribution in [0.25, 0.3) is 0 Å². The van der Waals surface area contributed by atoms with Gasteiger partial charge in [-0.15, -0.1) is 0 Å². The monoisotopic (exact) mass is 227 g/mol. The van der Waals surface area contributed by atoms with Crippen LogP contribution in [-0.4, -0.2) is 22.8 Å². The second kappa shape index (κ2) is 4.76. The Morgan fingerprint density at radius 1 is 1.50 bits per heavy atom. The largest absolute Gasteiger partial charge is 0.512 e. The maximum absolute atomic E-state index is 11.5. The van der Waals surface area contributed by atoms with Crippen LogP contribution in [0.15, 0.2) is 11.8 Å². The quantitative estimate of drug-likeness (QED) is 0.724. The van der Waals surface area contributed by atoms with Crippen LogP contribution in [0, 0.1) is 5.92 Å². The SMILES string of the molecule is C[C@@H]1CC[C@@H](NC(=O)OC(C)(C)C)C=C1O. The molecule has 1 aliphatic rings. The number of amides is 1. The third-order valence-electron chi connectivity index (χ3n) is 2.49. The number of hydrogen-bond acceptors (Lipinski definition) is 3. The van der Waals surface area contributed by atoms with Crippen LogP contribution in [0.1, 0.15) is 40.5 Å². The van der Waals surface area contributed by atoms with Crippen molar-refractivity contribution in [2.24, 2.45) is 5.92 Å². The summed E-state index contributed by atoms with van der Waals surface area (Å²) >= 11 is 0. The minimum absolute atomic E-state index is 0.119. The number of allylic oxidation sites excluding steroid dienone is 1. The van der Waals surface area contributed by atoms with E-state index < -0.39 is 11.7 Å². The first-order valence-corrected chi connectivity index (χ1v) is 5.68. The predicted octanol–water partition coefficient (Wildman–Crippen LogP) is 2.75. The average molecular weight is 227 g/mol. The van der Waals surface area contributed by atoms with Crippen LogP contribution in [0.5, 0.6) is 0 Å². The van der Waals surface area contributed by atoms with Crippen LogP contribution < -0.4 is 5.32 Å². The second-order valence-corrected chi connectivity index (χ2v) is 5.32. The summed E-state index contributed by atoms with van der Waals surface area (Å²) in [7, 11) is 0. The molecule has 0 spiro atoms. The zero-order valence-electron chi connectivity index (χ0n) is 10.4. The Hall–Kier alpha value is -1.19. The molecule has 0 unspecified atom stereocenters. The van der Waals surface area contributed by atoms with Gasteiger partial charge < -0.3 is 15.2 Å². The molecule has 0 heterocycles. The van der Waals surface area contributed by atoms with Gasteiger partial charge in [0.1, 0.15) is 5.60 Å². The standard InChI is InChI=1S/C12H21NO3/c1-8-5-6-9(7-10(8)14)13-11(15)16-12(2,3)4/h7-9,14H,5-6H2,1-4H3,(H,13,15)/t8-,9-/m1/s1. The van der Waals surface area contributed by atoms with Crippen LogP contribution in [0.4, 0.5) is 4.79 Å². The second-order valence-electron chi connectivity index (χ2n) is 5.32. The Bertz CT molecular complexity index is 291. The molecular formula is C12H21NO3. The molecule has 92 valence electrons. The maximum Gasteiger partial charge on any atom is 0.408 e. The molecule has 1 rings (SSSR count). The van der Waals surface area contributed by atoms with Gasteiger partial charge in [-0.2, -0.15) is 0 Å². The zero-order valence-corrected chi connectivity index (χ0v) is 10.4. The van der Waals surface area contributed by atoms with Gasteiger partial charge in [0.15, 0.2) is 0 Å². The molecule has 0 radical (unpaired) electrons. The number of aliphatic hydroxyl groups excluding tert-OH is 1. The van der Waals surface area contributed by atoms with E-state index >= 15 is 0 Å². The molecule has 0 fully saturated rings. The molecule has 0 bridgehead atoms. The number of carbonyl (C=O) groups excluding carboxylic acids is 1. The third-order valence-corrected chi connectivity index (χ3v) is 2.49. The third kappa shape index (κ3) is 4.13. The highest BCUT2D eigenvalue weighted by Crippen LogP contribution is 2.22. The molecule has 16 heavy (non-hydrogen) atoms. The Morgan fingerprint density at radius 2 is 2.12 bits per heavy atom. The van der Waals surface area contributed by atoms with E-state index in [1.807, 2.05) is 27.7 Å². The first kappa shape index (κ1) is 12.9. The van der Waals surface area contributed by atoms with Gasteiger partial charge in [-0.3, -0.25) is 0 Å². The van der Waals surface area contributed by atoms with E-state index in [0.717, 1.165) is 12.8 Å². The number of aliphatic hydroxyl groups is 1.